The highest BCUT2D eigenvalue weighted by molar-refractivity contribution is 5.76. The lowest BCUT2D eigenvalue weighted by molar-refractivity contribution is -0.122. The van der Waals surface area contributed by atoms with Crippen molar-refractivity contribution >= 4 is 5.91 Å². The Morgan fingerprint density at radius 2 is 1.44 bits per heavy atom. The van der Waals surface area contributed by atoms with Crippen molar-refractivity contribution in [1.82, 2.24) is 10.6 Å². The second kappa shape index (κ2) is 9.38. The van der Waals surface area contributed by atoms with E-state index in [1.807, 2.05) is 12.1 Å². The molecule has 3 rings (SSSR count). The summed E-state index contributed by atoms with van der Waals surface area (Å²) in [5, 5.41) is 6.58. The predicted molar refractivity (Wildman–Crippen MR) is 102 cm³/mol. The summed E-state index contributed by atoms with van der Waals surface area (Å²) in [6.45, 7) is 2.00. The molecule has 132 valence electrons. The van der Waals surface area contributed by atoms with Crippen LogP contribution in [0, 0.1) is 5.92 Å². The van der Waals surface area contributed by atoms with Crippen LogP contribution in [0.25, 0.3) is 0 Å². The molecule has 0 aromatic heterocycles. The molecule has 1 saturated heterocycles. The Kier molecular flexibility index (Phi) is 6.63. The first-order chi connectivity index (χ1) is 12.3. The van der Waals surface area contributed by atoms with Gasteiger partial charge in [0.1, 0.15) is 0 Å². The molecule has 1 heterocycles. The summed E-state index contributed by atoms with van der Waals surface area (Å²) in [7, 11) is 0. The van der Waals surface area contributed by atoms with E-state index >= 15 is 0 Å². The second-order valence-electron chi connectivity index (χ2n) is 7.04. The molecule has 1 aliphatic rings. The van der Waals surface area contributed by atoms with E-state index in [9.17, 15) is 4.79 Å². The number of benzene rings is 2. The molecule has 2 aromatic carbocycles. The van der Waals surface area contributed by atoms with E-state index in [0.717, 1.165) is 38.8 Å². The molecule has 0 atom stereocenters. The molecule has 3 heteroatoms. The summed E-state index contributed by atoms with van der Waals surface area (Å²) in [6, 6.07) is 21.3. The van der Waals surface area contributed by atoms with E-state index in [1.165, 1.54) is 11.1 Å². The molecule has 1 aliphatic heterocycles. The van der Waals surface area contributed by atoms with Crippen LogP contribution >= 0.6 is 0 Å². The lowest BCUT2D eigenvalue weighted by atomic mass is 9.89. The first-order valence-corrected chi connectivity index (χ1v) is 9.37. The van der Waals surface area contributed by atoms with Crippen LogP contribution in [0.2, 0.25) is 0 Å². The Morgan fingerprint density at radius 1 is 0.920 bits per heavy atom. The average molecular weight is 336 g/mol. The fourth-order valence-electron chi connectivity index (χ4n) is 3.63. The van der Waals surface area contributed by atoms with Crippen molar-refractivity contribution in [1.29, 1.82) is 0 Å². The maximum Gasteiger partial charge on any atom is 0.220 e. The summed E-state index contributed by atoms with van der Waals surface area (Å²) < 4.78 is 0. The topological polar surface area (TPSA) is 41.1 Å². The van der Waals surface area contributed by atoms with Crippen LogP contribution in [0.1, 0.15) is 30.4 Å². The van der Waals surface area contributed by atoms with Crippen LogP contribution in [0.3, 0.4) is 0 Å². The largest absolute Gasteiger partial charge is 0.353 e. The van der Waals surface area contributed by atoms with Crippen LogP contribution in [0.4, 0.5) is 0 Å². The van der Waals surface area contributed by atoms with Crippen molar-refractivity contribution in [2.24, 2.45) is 5.92 Å². The van der Waals surface area contributed by atoms with Crippen molar-refractivity contribution in [2.75, 3.05) is 13.1 Å². The van der Waals surface area contributed by atoms with Crippen molar-refractivity contribution in [3.8, 4) is 0 Å². The van der Waals surface area contributed by atoms with E-state index in [0.29, 0.717) is 18.4 Å². The molecular formula is C22H28N2O. The fraction of sp³-hybridized carbons (Fsp3) is 0.409. The lowest BCUT2D eigenvalue weighted by Gasteiger charge is -2.25. The molecule has 25 heavy (non-hydrogen) atoms. The number of rotatable bonds is 7. The quantitative estimate of drug-likeness (QED) is 0.814. The lowest BCUT2D eigenvalue weighted by Crippen LogP contribution is -2.43. The monoisotopic (exact) mass is 336 g/mol. The number of hydrogen-bond acceptors (Lipinski definition) is 2. The van der Waals surface area contributed by atoms with E-state index < -0.39 is 0 Å². The third-order valence-electron chi connectivity index (χ3n) is 4.91. The van der Waals surface area contributed by atoms with Gasteiger partial charge in [0.15, 0.2) is 0 Å². The number of hydrogen-bond donors (Lipinski definition) is 2. The number of nitrogens with one attached hydrogen (secondary N) is 2. The highest BCUT2D eigenvalue weighted by Crippen LogP contribution is 2.18. The van der Waals surface area contributed by atoms with Crippen LogP contribution in [-0.2, 0) is 17.6 Å². The third kappa shape index (κ3) is 6.02. The second-order valence-corrected chi connectivity index (χ2v) is 7.04. The number of carbonyl (C=O) groups is 1. The van der Waals surface area contributed by atoms with E-state index in [4.69, 9.17) is 0 Å². The average Bonchev–Trinajstić information content (AvgIpc) is 2.64. The Morgan fingerprint density at radius 3 is 1.96 bits per heavy atom. The summed E-state index contributed by atoms with van der Waals surface area (Å²) in [5.41, 5.74) is 2.61. The Hall–Kier alpha value is -2.13. The van der Waals surface area contributed by atoms with Gasteiger partial charge in [-0.05, 0) is 55.8 Å². The van der Waals surface area contributed by atoms with Gasteiger partial charge in [-0.2, -0.15) is 0 Å². The molecule has 3 nitrogen and oxygen atoms in total. The van der Waals surface area contributed by atoms with Crippen molar-refractivity contribution in [3.05, 3.63) is 71.8 Å². The van der Waals surface area contributed by atoms with Crippen LogP contribution in [-0.4, -0.2) is 25.0 Å². The summed E-state index contributed by atoms with van der Waals surface area (Å²) in [4.78, 5) is 12.6. The Bertz CT molecular complexity index is 594. The van der Waals surface area contributed by atoms with Crippen LogP contribution < -0.4 is 10.6 Å². The minimum Gasteiger partial charge on any atom is -0.353 e. The highest BCUT2D eigenvalue weighted by Gasteiger charge is 2.19. The molecule has 0 saturated carbocycles. The van der Waals surface area contributed by atoms with Crippen LogP contribution in [0.5, 0.6) is 0 Å². The molecule has 0 spiro atoms. The molecule has 0 aliphatic carbocycles. The van der Waals surface area contributed by atoms with E-state index in [2.05, 4.69) is 59.2 Å². The molecule has 0 bridgehead atoms. The zero-order valence-electron chi connectivity index (χ0n) is 14.8. The van der Waals surface area contributed by atoms with Gasteiger partial charge in [0.25, 0.3) is 0 Å². The number of carbonyl (C=O) groups excluding carboxylic acids is 1. The molecule has 0 radical (unpaired) electrons. The van der Waals surface area contributed by atoms with Gasteiger partial charge in [-0.1, -0.05) is 60.7 Å². The van der Waals surface area contributed by atoms with Crippen molar-refractivity contribution < 1.29 is 4.79 Å². The molecule has 1 amide bonds. The minimum absolute atomic E-state index is 0.198. The summed E-state index contributed by atoms with van der Waals surface area (Å²) in [6.07, 6.45) is 4.54. The number of amides is 1. The first-order valence-electron chi connectivity index (χ1n) is 9.37. The zero-order valence-corrected chi connectivity index (χ0v) is 14.8. The van der Waals surface area contributed by atoms with Crippen LogP contribution in [0.15, 0.2) is 60.7 Å². The van der Waals surface area contributed by atoms with Gasteiger partial charge in [-0.25, -0.2) is 0 Å². The van der Waals surface area contributed by atoms with Gasteiger partial charge in [-0.3, -0.25) is 4.79 Å². The minimum atomic E-state index is 0.198. The van der Waals surface area contributed by atoms with Gasteiger partial charge in [0.2, 0.25) is 5.91 Å². The van der Waals surface area contributed by atoms with Gasteiger partial charge in [0, 0.05) is 12.5 Å². The third-order valence-corrected chi connectivity index (χ3v) is 4.91. The Labute approximate surface area is 150 Å². The van der Waals surface area contributed by atoms with Crippen molar-refractivity contribution in [3.63, 3.8) is 0 Å². The van der Waals surface area contributed by atoms with Gasteiger partial charge < -0.3 is 10.6 Å². The van der Waals surface area contributed by atoms with Gasteiger partial charge in [0.05, 0.1) is 0 Å². The maximum atomic E-state index is 12.6. The molecule has 2 N–H and O–H groups in total. The van der Waals surface area contributed by atoms with E-state index in [-0.39, 0.29) is 5.91 Å². The smallest absolute Gasteiger partial charge is 0.220 e. The SMILES string of the molecule is O=C(CC(Cc1ccccc1)Cc1ccccc1)NC1CCNCC1. The normalized spacial score (nSPS) is 15.2. The maximum absolute atomic E-state index is 12.6. The first kappa shape index (κ1) is 17.7. The van der Waals surface area contributed by atoms with Gasteiger partial charge in [-0.15, -0.1) is 0 Å². The molecule has 0 unspecified atom stereocenters. The zero-order chi connectivity index (χ0) is 17.3. The fourth-order valence-corrected chi connectivity index (χ4v) is 3.63. The summed E-state index contributed by atoms with van der Waals surface area (Å²) in [5.74, 6) is 0.523. The number of piperidine rings is 1. The highest BCUT2D eigenvalue weighted by atomic mass is 16.1. The summed E-state index contributed by atoms with van der Waals surface area (Å²) >= 11 is 0. The van der Waals surface area contributed by atoms with Gasteiger partial charge >= 0.3 is 0 Å². The Balaban J connectivity index is 1.61. The molecule has 1 fully saturated rings. The van der Waals surface area contributed by atoms with E-state index in [1.54, 1.807) is 0 Å². The van der Waals surface area contributed by atoms with Crippen molar-refractivity contribution in [2.45, 2.75) is 38.1 Å². The predicted octanol–water partition coefficient (Wildman–Crippen LogP) is 3.35. The molecular weight excluding hydrogens is 308 g/mol. The molecule has 2 aromatic rings. The standard InChI is InChI=1S/C22H28N2O/c25-22(24-21-11-13-23-14-12-21)17-20(15-18-7-3-1-4-8-18)16-19-9-5-2-6-10-19/h1-10,20-21,23H,11-17H2,(H,24,25).